The number of carbonyl (C=O) groups excluding carboxylic acids is 1. The lowest BCUT2D eigenvalue weighted by molar-refractivity contribution is -0.132. The topological polar surface area (TPSA) is 81.9 Å². The molecule has 0 bridgehead atoms. The van der Waals surface area contributed by atoms with E-state index in [1.54, 1.807) is 30.3 Å². The first kappa shape index (κ1) is 21.4. The molecule has 0 aliphatic carbocycles. The molecule has 1 aliphatic heterocycles. The second-order valence-electron chi connectivity index (χ2n) is 7.86. The monoisotopic (exact) mass is 429 g/mol. The van der Waals surface area contributed by atoms with Crippen molar-refractivity contribution in [3.8, 4) is 17.3 Å². The van der Waals surface area contributed by atoms with Crippen molar-refractivity contribution in [2.75, 3.05) is 18.4 Å². The minimum Gasteiger partial charge on any atom is -0.342 e. The van der Waals surface area contributed by atoms with Gasteiger partial charge >= 0.3 is 0 Å². The van der Waals surface area contributed by atoms with Crippen molar-refractivity contribution in [2.24, 2.45) is 0 Å². The Labute approximate surface area is 186 Å². The van der Waals surface area contributed by atoms with Crippen molar-refractivity contribution in [1.29, 1.82) is 5.26 Å². The van der Waals surface area contributed by atoms with Crippen molar-refractivity contribution < 1.29 is 9.18 Å². The van der Waals surface area contributed by atoms with Gasteiger partial charge in [0.2, 0.25) is 5.91 Å². The first-order valence-corrected chi connectivity index (χ1v) is 10.8. The number of aromatic nitrogens is 2. The normalized spacial score (nSPS) is 15.8. The molecular weight excluding hydrogens is 405 g/mol. The predicted molar refractivity (Wildman–Crippen MR) is 121 cm³/mol. The number of nitrogens with zero attached hydrogens (tertiary/aromatic N) is 4. The summed E-state index contributed by atoms with van der Waals surface area (Å²) in [6, 6.07) is 17.4. The summed E-state index contributed by atoms with van der Waals surface area (Å²) < 4.78 is 13.7. The number of hydrogen-bond donors (Lipinski definition) is 1. The van der Waals surface area contributed by atoms with Gasteiger partial charge in [0.1, 0.15) is 17.5 Å². The average molecular weight is 429 g/mol. The molecule has 1 N–H and O–H groups in total. The van der Waals surface area contributed by atoms with Crippen LogP contribution in [0.3, 0.4) is 0 Å². The van der Waals surface area contributed by atoms with Gasteiger partial charge in [-0.2, -0.15) is 5.26 Å². The van der Waals surface area contributed by atoms with Crippen LogP contribution in [0.2, 0.25) is 0 Å². The Morgan fingerprint density at radius 1 is 1.22 bits per heavy atom. The number of carbonyl (C=O) groups is 1. The molecule has 1 atom stereocenters. The Morgan fingerprint density at radius 3 is 2.84 bits per heavy atom. The van der Waals surface area contributed by atoms with Crippen molar-refractivity contribution >= 4 is 17.4 Å². The van der Waals surface area contributed by atoms with Gasteiger partial charge in [0, 0.05) is 42.7 Å². The zero-order valence-electron chi connectivity index (χ0n) is 17.9. The number of anilines is 2. The van der Waals surface area contributed by atoms with Crippen LogP contribution in [0.4, 0.5) is 15.9 Å². The first-order chi connectivity index (χ1) is 15.6. The Balaban J connectivity index is 1.73. The number of hydrogen-bond acceptors (Lipinski definition) is 5. The summed E-state index contributed by atoms with van der Waals surface area (Å²) in [5.41, 5.74) is 2.59. The van der Waals surface area contributed by atoms with Crippen LogP contribution in [0, 0.1) is 17.1 Å². The maximum Gasteiger partial charge on any atom is 0.222 e. The van der Waals surface area contributed by atoms with Crippen LogP contribution in [0.25, 0.3) is 11.3 Å². The molecule has 3 aromatic rings. The minimum absolute atomic E-state index is 0.00593. The summed E-state index contributed by atoms with van der Waals surface area (Å²) in [6.45, 7) is 3.20. The minimum atomic E-state index is -0.341. The van der Waals surface area contributed by atoms with Gasteiger partial charge in [0.05, 0.1) is 17.3 Å². The lowest BCUT2D eigenvalue weighted by Crippen LogP contribution is -2.39. The fourth-order valence-corrected chi connectivity index (χ4v) is 3.96. The number of nitriles is 1. The first-order valence-electron chi connectivity index (χ1n) is 10.8. The van der Waals surface area contributed by atoms with E-state index in [2.05, 4.69) is 11.4 Å². The number of piperidine rings is 1. The van der Waals surface area contributed by atoms with Crippen LogP contribution >= 0.6 is 0 Å². The molecule has 162 valence electrons. The molecule has 32 heavy (non-hydrogen) atoms. The summed E-state index contributed by atoms with van der Waals surface area (Å²) >= 11 is 0. The van der Waals surface area contributed by atoms with Crippen LogP contribution in [0.1, 0.15) is 43.5 Å². The van der Waals surface area contributed by atoms with Crippen LogP contribution in [-0.2, 0) is 4.79 Å². The van der Waals surface area contributed by atoms with Crippen LogP contribution in [0.5, 0.6) is 0 Å². The van der Waals surface area contributed by atoms with Crippen molar-refractivity contribution in [3.63, 3.8) is 0 Å². The van der Waals surface area contributed by atoms with Crippen molar-refractivity contribution in [1.82, 2.24) is 14.9 Å². The SMILES string of the molecule is CCC(=O)N1CCCC(c2nc(Nc3cccc(F)c3)cc(-c3cccc(C#N)c3)n2)C1. The molecule has 1 amide bonds. The van der Waals surface area contributed by atoms with Gasteiger partial charge < -0.3 is 10.2 Å². The van der Waals surface area contributed by atoms with Gasteiger partial charge in [-0.25, -0.2) is 14.4 Å². The standard InChI is InChI=1S/C25H24FN5O/c1-2-24(32)31-11-5-8-19(16-31)25-29-22(18-7-3-6-17(12-18)15-27)14-23(30-25)28-21-10-4-9-20(26)13-21/h3-4,6-7,9-10,12-14,19H,2,5,8,11,16H2,1H3,(H,28,29,30). The number of rotatable bonds is 5. The van der Waals surface area contributed by atoms with Crippen LogP contribution in [-0.4, -0.2) is 33.9 Å². The third-order valence-electron chi connectivity index (χ3n) is 5.57. The fourth-order valence-electron chi connectivity index (χ4n) is 3.96. The van der Waals surface area contributed by atoms with Crippen LogP contribution < -0.4 is 5.32 Å². The molecule has 1 aliphatic rings. The third kappa shape index (κ3) is 4.92. The van der Waals surface area contributed by atoms with E-state index in [9.17, 15) is 14.4 Å². The zero-order valence-corrected chi connectivity index (χ0v) is 17.9. The summed E-state index contributed by atoms with van der Waals surface area (Å²) in [6.07, 6.45) is 2.25. The molecule has 0 saturated carbocycles. The van der Waals surface area contributed by atoms with Gasteiger partial charge in [0.15, 0.2) is 0 Å². The summed E-state index contributed by atoms with van der Waals surface area (Å²) in [5.74, 6) is 0.971. The Hall–Kier alpha value is -3.79. The lowest BCUT2D eigenvalue weighted by Gasteiger charge is -2.32. The molecule has 7 heteroatoms. The molecule has 4 rings (SSSR count). The summed E-state index contributed by atoms with van der Waals surface area (Å²) in [5, 5.41) is 12.5. The van der Waals surface area contributed by atoms with E-state index in [-0.39, 0.29) is 17.6 Å². The number of benzene rings is 2. The molecule has 0 radical (unpaired) electrons. The van der Waals surface area contributed by atoms with Crippen molar-refractivity contribution in [2.45, 2.75) is 32.1 Å². The van der Waals surface area contributed by atoms with E-state index < -0.39 is 0 Å². The second-order valence-corrected chi connectivity index (χ2v) is 7.86. The van der Waals surface area contributed by atoms with E-state index >= 15 is 0 Å². The Kier molecular flexibility index (Phi) is 6.41. The largest absolute Gasteiger partial charge is 0.342 e. The van der Waals surface area contributed by atoms with Gasteiger partial charge in [-0.1, -0.05) is 25.1 Å². The maximum absolute atomic E-state index is 13.7. The van der Waals surface area contributed by atoms with Gasteiger partial charge in [-0.15, -0.1) is 0 Å². The molecule has 2 aromatic carbocycles. The van der Waals surface area contributed by atoms with E-state index in [1.807, 2.05) is 24.0 Å². The Morgan fingerprint density at radius 2 is 2.06 bits per heavy atom. The lowest BCUT2D eigenvalue weighted by atomic mass is 9.96. The third-order valence-corrected chi connectivity index (χ3v) is 5.57. The summed E-state index contributed by atoms with van der Waals surface area (Å²) in [4.78, 5) is 23.7. The number of nitrogens with one attached hydrogen (secondary N) is 1. The van der Waals surface area contributed by atoms with Crippen molar-refractivity contribution in [3.05, 3.63) is 71.8 Å². The smallest absolute Gasteiger partial charge is 0.222 e. The maximum atomic E-state index is 13.7. The summed E-state index contributed by atoms with van der Waals surface area (Å²) in [7, 11) is 0. The highest BCUT2D eigenvalue weighted by molar-refractivity contribution is 5.76. The molecule has 1 unspecified atom stereocenters. The number of amides is 1. The van der Waals surface area contributed by atoms with Crippen LogP contribution in [0.15, 0.2) is 54.6 Å². The van der Waals surface area contributed by atoms with E-state index in [1.165, 1.54) is 12.1 Å². The molecule has 1 aromatic heterocycles. The van der Waals surface area contributed by atoms with Gasteiger partial charge in [-0.3, -0.25) is 4.79 Å². The molecule has 1 fully saturated rings. The molecule has 2 heterocycles. The quantitative estimate of drug-likeness (QED) is 0.616. The van der Waals surface area contributed by atoms with Gasteiger partial charge in [0.25, 0.3) is 0 Å². The Bertz CT molecular complexity index is 1170. The second kappa shape index (κ2) is 9.56. The molecule has 0 spiro atoms. The average Bonchev–Trinajstić information content (AvgIpc) is 2.83. The number of likely N-dealkylation sites (tertiary alicyclic amines) is 1. The van der Waals surface area contributed by atoms with E-state index in [4.69, 9.17) is 9.97 Å². The highest BCUT2D eigenvalue weighted by Crippen LogP contribution is 2.30. The number of halogens is 1. The fraction of sp³-hybridized carbons (Fsp3) is 0.280. The predicted octanol–water partition coefficient (Wildman–Crippen LogP) is 5.01. The van der Waals surface area contributed by atoms with Gasteiger partial charge in [-0.05, 0) is 43.2 Å². The van der Waals surface area contributed by atoms with E-state index in [0.717, 1.165) is 24.9 Å². The van der Waals surface area contributed by atoms with E-state index in [0.29, 0.717) is 41.6 Å². The molecule has 1 saturated heterocycles. The molecule has 6 nitrogen and oxygen atoms in total. The molecular formula is C25H24FN5O. The zero-order chi connectivity index (χ0) is 22.5. The highest BCUT2D eigenvalue weighted by atomic mass is 19.1. The highest BCUT2D eigenvalue weighted by Gasteiger charge is 2.26.